The fraction of sp³-hybridized carbons (Fsp3) is 0.238. The van der Waals surface area contributed by atoms with E-state index in [0.29, 0.717) is 9.47 Å². The van der Waals surface area contributed by atoms with Crippen molar-refractivity contribution in [1.82, 2.24) is 14.5 Å². The van der Waals surface area contributed by atoms with Crippen molar-refractivity contribution in [3.05, 3.63) is 69.5 Å². The fourth-order valence-electron chi connectivity index (χ4n) is 3.78. The van der Waals surface area contributed by atoms with E-state index in [1.807, 2.05) is 0 Å². The zero-order valence-electron chi connectivity index (χ0n) is 17.3. The van der Waals surface area contributed by atoms with Crippen molar-refractivity contribution in [2.75, 3.05) is 0 Å². The van der Waals surface area contributed by atoms with Crippen LogP contribution in [0.5, 0.6) is 0 Å². The molecule has 0 spiro atoms. The van der Waals surface area contributed by atoms with Gasteiger partial charge in [0.15, 0.2) is 11.9 Å². The average Bonchev–Trinajstić information content (AvgIpc) is 3.29. The number of alkyl halides is 2. The molecule has 0 saturated heterocycles. The maximum atomic E-state index is 13.7. The van der Waals surface area contributed by atoms with Gasteiger partial charge in [0, 0.05) is 6.07 Å². The van der Waals surface area contributed by atoms with Crippen molar-refractivity contribution < 1.29 is 32.8 Å². The minimum Gasteiger partial charge on any atom is -0.453 e. The zero-order valence-corrected chi connectivity index (χ0v) is 17.3. The fourth-order valence-corrected chi connectivity index (χ4v) is 3.78. The number of nitrogens with zero attached hydrogens (tertiary/aromatic N) is 4. The molecule has 2 aromatic carbocycles. The number of halogens is 2. The summed E-state index contributed by atoms with van der Waals surface area (Å²) in [5, 5.41) is 11.2. The third kappa shape index (κ3) is 3.49. The summed E-state index contributed by atoms with van der Waals surface area (Å²) in [6.07, 6.45) is -1.24. The van der Waals surface area contributed by atoms with E-state index in [1.165, 1.54) is 38.1 Å². The van der Waals surface area contributed by atoms with Gasteiger partial charge in [0.25, 0.3) is 17.5 Å². The van der Waals surface area contributed by atoms with Crippen LogP contribution in [-0.2, 0) is 9.53 Å². The molecule has 0 bridgehead atoms. The Morgan fingerprint density at radius 2 is 1.79 bits per heavy atom. The van der Waals surface area contributed by atoms with Crippen LogP contribution in [0.1, 0.15) is 53.0 Å². The number of amides is 2. The van der Waals surface area contributed by atoms with Gasteiger partial charge in [-0.15, -0.1) is 0 Å². The first-order chi connectivity index (χ1) is 15.6. The van der Waals surface area contributed by atoms with Crippen LogP contribution >= 0.6 is 0 Å². The molecule has 0 saturated carbocycles. The quantitative estimate of drug-likeness (QED) is 0.239. The summed E-state index contributed by atoms with van der Waals surface area (Å²) in [5.41, 5.74) is -0.767. The lowest BCUT2D eigenvalue weighted by atomic mass is 10.1. The number of aromatic nitrogens is 2. The number of nitro benzene ring substituents is 1. The largest absolute Gasteiger partial charge is 0.453 e. The lowest BCUT2D eigenvalue weighted by Gasteiger charge is -2.23. The summed E-state index contributed by atoms with van der Waals surface area (Å²) in [7, 11) is 0. The van der Waals surface area contributed by atoms with Gasteiger partial charge in [0.05, 0.1) is 21.5 Å². The molecule has 2 amide bonds. The second-order valence-electron chi connectivity index (χ2n) is 7.30. The number of nitro groups is 1. The predicted molar refractivity (Wildman–Crippen MR) is 109 cm³/mol. The lowest BCUT2D eigenvalue weighted by molar-refractivity contribution is -0.385. The maximum Gasteiger partial charge on any atom is 0.329 e. The van der Waals surface area contributed by atoms with Gasteiger partial charge in [-0.3, -0.25) is 29.2 Å². The Bertz CT molecular complexity index is 1320. The van der Waals surface area contributed by atoms with Gasteiger partial charge in [0.1, 0.15) is 11.6 Å². The van der Waals surface area contributed by atoms with Crippen molar-refractivity contribution in [2.24, 2.45) is 0 Å². The van der Waals surface area contributed by atoms with Crippen LogP contribution in [0.15, 0.2) is 42.5 Å². The molecule has 0 N–H and O–H groups in total. The lowest BCUT2D eigenvalue weighted by Crippen LogP contribution is -2.44. The molecule has 0 radical (unpaired) electrons. The number of rotatable bonds is 6. The molecule has 12 heteroatoms. The number of imidazole rings is 1. The first-order valence-electron chi connectivity index (χ1n) is 9.74. The van der Waals surface area contributed by atoms with Crippen molar-refractivity contribution >= 4 is 34.5 Å². The molecule has 1 aliphatic heterocycles. The number of ether oxygens (including phenoxy) is 1. The molecule has 0 aliphatic carbocycles. The molecule has 2 unspecified atom stereocenters. The van der Waals surface area contributed by atoms with Crippen LogP contribution < -0.4 is 0 Å². The molecular formula is C21H16F2N4O6. The Hall–Kier alpha value is -4.22. The van der Waals surface area contributed by atoms with Crippen LogP contribution in [0, 0.1) is 10.1 Å². The molecular weight excluding hydrogens is 442 g/mol. The highest BCUT2D eigenvalue weighted by atomic mass is 19.3. The van der Waals surface area contributed by atoms with E-state index in [0.717, 1.165) is 6.07 Å². The SMILES string of the molecule is CC(OC(=O)C(C)N1C(=O)c2cccc([N+](=O)[O-])c2C1=O)c1nc2ccccc2n1C(F)F. The molecule has 4 rings (SSSR count). The molecule has 170 valence electrons. The van der Waals surface area contributed by atoms with Gasteiger partial charge in [-0.25, -0.2) is 9.78 Å². The normalized spacial score (nSPS) is 15.1. The first-order valence-corrected chi connectivity index (χ1v) is 9.74. The number of carbonyl (C=O) groups excluding carboxylic acids is 3. The molecule has 10 nitrogen and oxygen atoms in total. The molecule has 3 aromatic rings. The van der Waals surface area contributed by atoms with E-state index in [-0.39, 0.29) is 22.4 Å². The Balaban J connectivity index is 1.60. The predicted octanol–water partition coefficient (Wildman–Crippen LogP) is 3.63. The highest BCUT2D eigenvalue weighted by molar-refractivity contribution is 6.24. The molecule has 33 heavy (non-hydrogen) atoms. The maximum absolute atomic E-state index is 13.7. The molecule has 2 atom stereocenters. The minimum atomic E-state index is -2.96. The molecule has 1 aromatic heterocycles. The number of hydrogen-bond acceptors (Lipinski definition) is 7. The number of esters is 1. The van der Waals surface area contributed by atoms with Gasteiger partial charge < -0.3 is 4.74 Å². The van der Waals surface area contributed by atoms with Crippen molar-refractivity contribution in [1.29, 1.82) is 0 Å². The van der Waals surface area contributed by atoms with E-state index in [9.17, 15) is 33.3 Å². The number of hydrogen-bond donors (Lipinski definition) is 0. The van der Waals surface area contributed by atoms with Crippen LogP contribution in [0.3, 0.4) is 0 Å². The number of benzene rings is 2. The van der Waals surface area contributed by atoms with Crippen LogP contribution in [-0.4, -0.2) is 43.2 Å². The number of carbonyl (C=O) groups is 3. The Labute approximate surface area is 184 Å². The first kappa shape index (κ1) is 22.0. The van der Waals surface area contributed by atoms with E-state index >= 15 is 0 Å². The van der Waals surface area contributed by atoms with Crippen molar-refractivity contribution in [3.63, 3.8) is 0 Å². The van der Waals surface area contributed by atoms with Crippen molar-refractivity contribution in [2.45, 2.75) is 32.5 Å². The van der Waals surface area contributed by atoms with Gasteiger partial charge in [-0.05, 0) is 32.0 Å². The number of para-hydroxylation sites is 2. The van der Waals surface area contributed by atoms with Crippen molar-refractivity contribution in [3.8, 4) is 0 Å². The molecule has 1 aliphatic rings. The second-order valence-corrected chi connectivity index (χ2v) is 7.30. The zero-order chi connectivity index (χ0) is 24.0. The molecule has 2 heterocycles. The summed E-state index contributed by atoms with van der Waals surface area (Å²) in [6.45, 7) is -0.417. The van der Waals surface area contributed by atoms with Crippen LogP contribution in [0.2, 0.25) is 0 Å². The van der Waals surface area contributed by atoms with E-state index < -0.39 is 52.7 Å². The number of imide groups is 1. The number of fused-ring (bicyclic) bond motifs is 2. The second kappa shape index (κ2) is 8.04. The summed E-state index contributed by atoms with van der Waals surface area (Å²) >= 11 is 0. The summed E-state index contributed by atoms with van der Waals surface area (Å²) < 4.78 is 33.3. The molecule has 0 fully saturated rings. The Morgan fingerprint density at radius 1 is 1.09 bits per heavy atom. The smallest absolute Gasteiger partial charge is 0.329 e. The summed E-state index contributed by atoms with van der Waals surface area (Å²) in [6, 6.07) is 8.26. The van der Waals surface area contributed by atoms with Gasteiger partial charge >= 0.3 is 12.5 Å². The summed E-state index contributed by atoms with van der Waals surface area (Å²) in [5.74, 6) is -3.19. The van der Waals surface area contributed by atoms with Gasteiger partial charge in [0.2, 0.25) is 0 Å². The Kier molecular flexibility index (Phi) is 5.36. The van der Waals surface area contributed by atoms with Crippen LogP contribution in [0.25, 0.3) is 11.0 Å². The average molecular weight is 458 g/mol. The van der Waals surface area contributed by atoms with E-state index in [2.05, 4.69) is 4.98 Å². The third-order valence-electron chi connectivity index (χ3n) is 5.32. The Morgan fingerprint density at radius 3 is 2.45 bits per heavy atom. The van der Waals surface area contributed by atoms with Crippen LogP contribution in [0.4, 0.5) is 14.5 Å². The minimum absolute atomic E-state index is 0.145. The van der Waals surface area contributed by atoms with E-state index in [4.69, 9.17) is 4.74 Å². The third-order valence-corrected chi connectivity index (χ3v) is 5.32. The highest BCUT2D eigenvalue weighted by Gasteiger charge is 2.45. The summed E-state index contributed by atoms with van der Waals surface area (Å²) in [4.78, 5) is 53.3. The topological polar surface area (TPSA) is 125 Å². The van der Waals surface area contributed by atoms with Gasteiger partial charge in [-0.1, -0.05) is 18.2 Å². The standard InChI is InChI=1S/C21H16F2N4O6/c1-10(25-18(28)12-6-5-9-15(27(31)32)16(12)19(25)29)20(30)33-11(2)17-24-13-7-3-4-8-14(13)26(17)21(22)23/h3-11,21H,1-2H3. The monoisotopic (exact) mass is 458 g/mol. The highest BCUT2D eigenvalue weighted by Crippen LogP contribution is 2.33. The van der Waals surface area contributed by atoms with E-state index in [1.54, 1.807) is 12.1 Å². The van der Waals surface area contributed by atoms with Gasteiger partial charge in [-0.2, -0.15) is 8.78 Å².